The summed E-state index contributed by atoms with van der Waals surface area (Å²) in [5, 5.41) is 0. The van der Waals surface area contributed by atoms with Crippen LogP contribution in [-0.4, -0.2) is 4.74 Å². The highest BCUT2D eigenvalue weighted by Gasteiger charge is 2.28. The van der Waals surface area contributed by atoms with Gasteiger partial charge in [0.05, 0.1) is 12.1 Å². The van der Waals surface area contributed by atoms with Crippen LogP contribution in [0.3, 0.4) is 0 Å². The van der Waals surface area contributed by atoms with Gasteiger partial charge in [-0.15, -0.1) is 0 Å². The van der Waals surface area contributed by atoms with Crippen molar-refractivity contribution in [1.82, 2.24) is 4.74 Å². The van der Waals surface area contributed by atoms with Gasteiger partial charge >= 0.3 is 0 Å². The fourth-order valence-electron chi connectivity index (χ4n) is 1.83. The smallest absolute Gasteiger partial charge is 0.286 e. The molecule has 1 heterocycles. The van der Waals surface area contributed by atoms with E-state index in [-0.39, 0.29) is 16.9 Å². The van der Waals surface area contributed by atoms with E-state index in [1.165, 1.54) is 4.74 Å². The second-order valence-corrected chi connectivity index (χ2v) is 5.65. The first kappa shape index (κ1) is 13.1. The predicted molar refractivity (Wildman–Crippen MR) is 66.0 cm³/mol. The number of nitrogens with zero attached hydrogens (tertiary/aromatic N) is 1. The molecule has 0 amide bonds. The predicted octanol–water partition coefficient (Wildman–Crippen LogP) is 3.27. The highest BCUT2D eigenvalue weighted by atomic mass is 16.5. The molecule has 0 N–H and O–H groups in total. The SMILES string of the molecule is CCCn1oc(C(C)(C)C)c(C(C)C)c1=O. The van der Waals surface area contributed by atoms with Crippen LogP contribution in [0.4, 0.5) is 0 Å². The summed E-state index contributed by atoms with van der Waals surface area (Å²) < 4.78 is 7.21. The van der Waals surface area contributed by atoms with E-state index in [9.17, 15) is 4.79 Å². The summed E-state index contributed by atoms with van der Waals surface area (Å²) in [5.74, 6) is 1.05. The first-order chi connectivity index (χ1) is 7.29. The van der Waals surface area contributed by atoms with E-state index < -0.39 is 0 Å². The average Bonchev–Trinajstić information content (AvgIpc) is 2.44. The van der Waals surface area contributed by atoms with E-state index in [0.29, 0.717) is 6.54 Å². The molecule has 0 saturated heterocycles. The number of aromatic nitrogens is 1. The quantitative estimate of drug-likeness (QED) is 0.791. The maximum atomic E-state index is 12.1. The molecule has 0 atom stereocenters. The summed E-state index contributed by atoms with van der Waals surface area (Å²) in [5.41, 5.74) is 0.764. The van der Waals surface area contributed by atoms with Gasteiger partial charge in [-0.1, -0.05) is 41.5 Å². The fraction of sp³-hybridized carbons (Fsp3) is 0.769. The lowest BCUT2D eigenvalue weighted by Crippen LogP contribution is -2.20. The van der Waals surface area contributed by atoms with Gasteiger partial charge in [0, 0.05) is 5.41 Å². The van der Waals surface area contributed by atoms with Crippen LogP contribution in [0, 0.1) is 0 Å². The zero-order chi connectivity index (χ0) is 12.5. The Morgan fingerprint density at radius 1 is 1.31 bits per heavy atom. The van der Waals surface area contributed by atoms with Crippen molar-refractivity contribution in [2.75, 3.05) is 0 Å². The second kappa shape index (κ2) is 4.48. The number of rotatable bonds is 3. The van der Waals surface area contributed by atoms with Gasteiger partial charge < -0.3 is 4.52 Å². The summed E-state index contributed by atoms with van der Waals surface area (Å²) >= 11 is 0. The Morgan fingerprint density at radius 3 is 2.19 bits per heavy atom. The van der Waals surface area contributed by atoms with E-state index in [1.54, 1.807) is 0 Å². The third-order valence-corrected chi connectivity index (χ3v) is 2.59. The van der Waals surface area contributed by atoms with E-state index >= 15 is 0 Å². The van der Waals surface area contributed by atoms with E-state index in [4.69, 9.17) is 4.52 Å². The number of hydrogen-bond acceptors (Lipinski definition) is 2. The zero-order valence-electron chi connectivity index (χ0n) is 11.3. The van der Waals surface area contributed by atoms with Crippen molar-refractivity contribution in [2.24, 2.45) is 0 Å². The lowest BCUT2D eigenvalue weighted by molar-refractivity contribution is 0.217. The van der Waals surface area contributed by atoms with Gasteiger partial charge in [-0.25, -0.2) is 0 Å². The standard InChI is InChI=1S/C13H23NO2/c1-7-8-14-12(15)10(9(2)3)11(16-14)13(4,5)6/h9H,7-8H2,1-6H3. The van der Waals surface area contributed by atoms with Crippen molar-refractivity contribution in [3.8, 4) is 0 Å². The summed E-state index contributed by atoms with van der Waals surface area (Å²) in [6.07, 6.45) is 0.911. The van der Waals surface area contributed by atoms with E-state index in [0.717, 1.165) is 17.7 Å². The lowest BCUT2D eigenvalue weighted by Gasteiger charge is -2.17. The van der Waals surface area contributed by atoms with Crippen LogP contribution >= 0.6 is 0 Å². The molecule has 1 rings (SSSR count). The maximum absolute atomic E-state index is 12.1. The van der Waals surface area contributed by atoms with Gasteiger partial charge in [-0.2, -0.15) is 4.74 Å². The minimum atomic E-state index is -0.113. The molecule has 3 nitrogen and oxygen atoms in total. The minimum absolute atomic E-state index is 0.0433. The Labute approximate surface area is 97.4 Å². The van der Waals surface area contributed by atoms with Gasteiger partial charge in [-0.3, -0.25) is 4.79 Å². The highest BCUT2D eigenvalue weighted by molar-refractivity contribution is 5.24. The van der Waals surface area contributed by atoms with Crippen molar-refractivity contribution in [1.29, 1.82) is 0 Å². The molecule has 1 aromatic rings. The van der Waals surface area contributed by atoms with Crippen LogP contribution in [0.25, 0.3) is 0 Å². The van der Waals surface area contributed by atoms with Crippen LogP contribution in [0.15, 0.2) is 9.32 Å². The number of hydrogen-bond donors (Lipinski definition) is 0. The molecule has 1 aromatic heterocycles. The van der Waals surface area contributed by atoms with Crippen molar-refractivity contribution in [2.45, 2.75) is 65.8 Å². The Hall–Kier alpha value is -0.990. The van der Waals surface area contributed by atoms with Gasteiger partial charge in [-0.05, 0) is 12.3 Å². The normalized spacial score (nSPS) is 12.4. The van der Waals surface area contributed by atoms with Gasteiger partial charge in [0.2, 0.25) is 0 Å². The molecule has 0 fully saturated rings. The molecule has 0 saturated carbocycles. The maximum Gasteiger partial charge on any atom is 0.286 e. The lowest BCUT2D eigenvalue weighted by atomic mass is 9.87. The Morgan fingerprint density at radius 2 is 1.88 bits per heavy atom. The Bertz CT molecular complexity index is 405. The molecule has 92 valence electrons. The first-order valence-electron chi connectivity index (χ1n) is 6.03. The highest BCUT2D eigenvalue weighted by Crippen LogP contribution is 2.28. The molecular weight excluding hydrogens is 202 g/mol. The number of aryl methyl sites for hydroxylation is 1. The van der Waals surface area contributed by atoms with E-state index in [2.05, 4.69) is 20.8 Å². The molecule has 0 radical (unpaired) electrons. The van der Waals surface area contributed by atoms with Gasteiger partial charge in [0.25, 0.3) is 5.56 Å². The Kier molecular flexibility index (Phi) is 3.66. The zero-order valence-corrected chi connectivity index (χ0v) is 11.3. The minimum Gasteiger partial charge on any atom is -0.380 e. The molecule has 3 heteroatoms. The molecule has 16 heavy (non-hydrogen) atoms. The van der Waals surface area contributed by atoms with Crippen molar-refractivity contribution >= 4 is 0 Å². The molecule has 0 aliphatic carbocycles. The summed E-state index contributed by atoms with van der Waals surface area (Å²) in [6, 6.07) is 0. The van der Waals surface area contributed by atoms with Crippen molar-refractivity contribution < 1.29 is 4.52 Å². The monoisotopic (exact) mass is 225 g/mol. The van der Waals surface area contributed by atoms with Gasteiger partial charge in [0.1, 0.15) is 5.76 Å². The molecule has 0 spiro atoms. The Balaban J connectivity index is 3.38. The van der Waals surface area contributed by atoms with Crippen molar-refractivity contribution in [3.63, 3.8) is 0 Å². The van der Waals surface area contributed by atoms with Crippen LogP contribution in [0.5, 0.6) is 0 Å². The fourth-order valence-corrected chi connectivity index (χ4v) is 1.83. The molecule has 0 aromatic carbocycles. The summed E-state index contributed by atoms with van der Waals surface area (Å²) in [4.78, 5) is 12.1. The summed E-state index contributed by atoms with van der Waals surface area (Å²) in [7, 11) is 0. The van der Waals surface area contributed by atoms with Crippen molar-refractivity contribution in [3.05, 3.63) is 21.7 Å². The molecular formula is C13H23NO2. The van der Waals surface area contributed by atoms with E-state index in [1.807, 2.05) is 20.8 Å². The van der Waals surface area contributed by atoms with Crippen LogP contribution in [0.2, 0.25) is 0 Å². The van der Waals surface area contributed by atoms with Crippen LogP contribution in [0.1, 0.15) is 65.2 Å². The largest absolute Gasteiger partial charge is 0.380 e. The molecule has 0 aliphatic rings. The third kappa shape index (κ3) is 2.39. The van der Waals surface area contributed by atoms with Gasteiger partial charge in [0.15, 0.2) is 0 Å². The molecule has 0 aliphatic heterocycles. The molecule has 0 unspecified atom stereocenters. The summed E-state index contributed by atoms with van der Waals surface area (Å²) in [6.45, 7) is 13.0. The van der Waals surface area contributed by atoms with Crippen LogP contribution in [-0.2, 0) is 12.0 Å². The second-order valence-electron chi connectivity index (χ2n) is 5.65. The average molecular weight is 225 g/mol. The first-order valence-corrected chi connectivity index (χ1v) is 6.03. The molecule has 0 bridgehead atoms. The van der Waals surface area contributed by atoms with Crippen LogP contribution < -0.4 is 5.56 Å². The third-order valence-electron chi connectivity index (χ3n) is 2.59. The topological polar surface area (TPSA) is 35.1 Å².